The van der Waals surface area contributed by atoms with E-state index in [4.69, 9.17) is 4.98 Å². The fourth-order valence-electron chi connectivity index (χ4n) is 3.51. The van der Waals surface area contributed by atoms with E-state index in [-0.39, 0.29) is 11.3 Å². The summed E-state index contributed by atoms with van der Waals surface area (Å²) in [6.07, 6.45) is 2.33. The fourth-order valence-corrected chi connectivity index (χ4v) is 4.58. The number of amides is 1. The standard InChI is InChI=1S/C18H19N5OS/c1-11-19-15-13-5-3-4-6-14(13)20-17(23(15)21-11)25-10-18(2)9-22(16(18)24)12-7-8-12/h3-6,12H,7-10H2,1-2H3. The van der Waals surface area contributed by atoms with Gasteiger partial charge in [-0.3, -0.25) is 4.79 Å². The Kier molecular flexibility index (Phi) is 3.13. The number of carbonyl (C=O) groups is 1. The number of fused-ring (bicyclic) bond motifs is 3. The number of aromatic nitrogens is 4. The summed E-state index contributed by atoms with van der Waals surface area (Å²) in [5.41, 5.74) is 1.45. The minimum Gasteiger partial charge on any atom is -0.338 e. The quantitative estimate of drug-likeness (QED) is 0.410. The van der Waals surface area contributed by atoms with Crippen LogP contribution in [0.1, 0.15) is 25.6 Å². The van der Waals surface area contributed by atoms with Crippen LogP contribution in [-0.4, -0.2) is 48.7 Å². The number of hydrogen-bond donors (Lipinski definition) is 0. The van der Waals surface area contributed by atoms with E-state index in [1.807, 2.05) is 40.6 Å². The van der Waals surface area contributed by atoms with Gasteiger partial charge in [-0.25, -0.2) is 9.97 Å². The molecule has 3 aromatic rings. The Morgan fingerprint density at radius 3 is 2.84 bits per heavy atom. The first-order chi connectivity index (χ1) is 12.0. The SMILES string of the molecule is Cc1nc2c3ccccc3nc(SCC3(C)CN(C4CC4)C3=O)n2n1. The van der Waals surface area contributed by atoms with Crippen molar-refractivity contribution in [2.45, 2.75) is 37.9 Å². The molecule has 0 N–H and O–H groups in total. The molecule has 0 spiro atoms. The monoisotopic (exact) mass is 353 g/mol. The van der Waals surface area contributed by atoms with Gasteiger partial charge in [0.25, 0.3) is 0 Å². The predicted molar refractivity (Wildman–Crippen MR) is 96.6 cm³/mol. The van der Waals surface area contributed by atoms with E-state index in [0.29, 0.717) is 11.8 Å². The van der Waals surface area contributed by atoms with Gasteiger partial charge in [0.1, 0.15) is 5.82 Å². The Labute approximate surface area is 149 Å². The number of β-lactam (4-membered cyclic amide) rings is 1. The van der Waals surface area contributed by atoms with Gasteiger partial charge in [-0.05, 0) is 38.8 Å². The lowest BCUT2D eigenvalue weighted by molar-refractivity contribution is -0.156. The maximum atomic E-state index is 12.5. The Bertz CT molecular complexity index is 1010. The van der Waals surface area contributed by atoms with Gasteiger partial charge in [0.05, 0.1) is 10.9 Å². The zero-order valence-electron chi connectivity index (χ0n) is 14.3. The first kappa shape index (κ1) is 15.1. The molecule has 1 aromatic carbocycles. The molecule has 1 saturated heterocycles. The highest BCUT2D eigenvalue weighted by atomic mass is 32.2. The minimum atomic E-state index is -0.289. The Balaban J connectivity index is 1.47. The maximum Gasteiger partial charge on any atom is 0.231 e. The molecular formula is C18H19N5OS. The van der Waals surface area contributed by atoms with E-state index in [2.05, 4.69) is 17.0 Å². The van der Waals surface area contributed by atoms with E-state index < -0.39 is 0 Å². The fraction of sp³-hybridized carbons (Fsp3) is 0.444. The van der Waals surface area contributed by atoms with Gasteiger partial charge in [0.2, 0.25) is 5.91 Å². The first-order valence-corrected chi connectivity index (χ1v) is 9.60. The molecule has 6 nitrogen and oxygen atoms in total. The van der Waals surface area contributed by atoms with Crippen molar-refractivity contribution in [2.24, 2.45) is 5.41 Å². The highest BCUT2D eigenvalue weighted by Crippen LogP contribution is 2.43. The van der Waals surface area contributed by atoms with Crippen LogP contribution in [0.2, 0.25) is 0 Å². The second kappa shape index (κ2) is 5.17. The van der Waals surface area contributed by atoms with Gasteiger partial charge in [-0.1, -0.05) is 23.9 Å². The number of benzene rings is 1. The number of rotatable bonds is 4. The number of thioether (sulfide) groups is 1. The van der Waals surface area contributed by atoms with E-state index in [1.165, 1.54) is 12.8 Å². The lowest BCUT2D eigenvalue weighted by Gasteiger charge is -2.47. The number of nitrogens with zero attached hydrogens (tertiary/aromatic N) is 5. The van der Waals surface area contributed by atoms with E-state index >= 15 is 0 Å². The average molecular weight is 353 g/mol. The topological polar surface area (TPSA) is 63.4 Å². The lowest BCUT2D eigenvalue weighted by Crippen LogP contribution is -2.61. The average Bonchev–Trinajstić information content (AvgIpc) is 3.37. The van der Waals surface area contributed by atoms with Crippen LogP contribution in [0, 0.1) is 12.3 Å². The largest absolute Gasteiger partial charge is 0.338 e. The molecule has 1 atom stereocenters. The van der Waals surface area contributed by atoms with Gasteiger partial charge in [0.15, 0.2) is 10.8 Å². The van der Waals surface area contributed by atoms with Crippen LogP contribution < -0.4 is 0 Å². The molecule has 2 aliphatic rings. The summed E-state index contributed by atoms with van der Waals surface area (Å²) in [5.74, 6) is 1.73. The first-order valence-electron chi connectivity index (χ1n) is 8.61. The van der Waals surface area contributed by atoms with E-state index in [1.54, 1.807) is 11.8 Å². The highest BCUT2D eigenvalue weighted by molar-refractivity contribution is 7.99. The Morgan fingerprint density at radius 1 is 1.28 bits per heavy atom. The van der Waals surface area contributed by atoms with Crippen LogP contribution in [0.3, 0.4) is 0 Å². The third-order valence-electron chi connectivity index (χ3n) is 5.06. The summed E-state index contributed by atoms with van der Waals surface area (Å²) in [6.45, 7) is 4.81. The van der Waals surface area contributed by atoms with E-state index in [9.17, 15) is 4.79 Å². The normalized spacial score (nSPS) is 23.4. The highest BCUT2D eigenvalue weighted by Gasteiger charge is 2.52. The predicted octanol–water partition coefficient (Wildman–Crippen LogP) is 2.69. The molecule has 3 heterocycles. The van der Waals surface area contributed by atoms with Crippen LogP contribution in [0.25, 0.3) is 16.6 Å². The maximum absolute atomic E-state index is 12.5. The van der Waals surface area contributed by atoms with Crippen molar-refractivity contribution >= 4 is 34.2 Å². The number of para-hydroxylation sites is 1. The molecular weight excluding hydrogens is 334 g/mol. The molecule has 1 amide bonds. The molecule has 1 aliphatic carbocycles. The van der Waals surface area contributed by atoms with Crippen LogP contribution in [0.15, 0.2) is 29.4 Å². The molecule has 2 fully saturated rings. The summed E-state index contributed by atoms with van der Waals surface area (Å²) in [5, 5.41) is 6.30. The van der Waals surface area contributed by atoms with Gasteiger partial charge >= 0.3 is 0 Å². The zero-order valence-corrected chi connectivity index (χ0v) is 15.1. The van der Waals surface area contributed by atoms with Crippen molar-refractivity contribution in [3.8, 4) is 0 Å². The number of likely N-dealkylation sites (tertiary alicyclic amines) is 1. The third kappa shape index (κ3) is 2.33. The summed E-state index contributed by atoms with van der Waals surface area (Å²) < 4.78 is 1.81. The second-order valence-electron chi connectivity index (χ2n) is 7.32. The number of carbonyl (C=O) groups excluding carboxylic acids is 1. The van der Waals surface area contributed by atoms with Gasteiger partial charge in [-0.15, -0.1) is 5.10 Å². The van der Waals surface area contributed by atoms with Crippen molar-refractivity contribution in [3.05, 3.63) is 30.1 Å². The van der Waals surface area contributed by atoms with Crippen molar-refractivity contribution in [1.29, 1.82) is 0 Å². The summed E-state index contributed by atoms with van der Waals surface area (Å²) in [7, 11) is 0. The van der Waals surface area contributed by atoms with Crippen LogP contribution >= 0.6 is 11.8 Å². The van der Waals surface area contributed by atoms with E-state index in [0.717, 1.165) is 34.1 Å². The third-order valence-corrected chi connectivity index (χ3v) is 6.36. The lowest BCUT2D eigenvalue weighted by atomic mass is 9.82. The van der Waals surface area contributed by atoms with Crippen molar-refractivity contribution < 1.29 is 4.79 Å². The van der Waals surface area contributed by atoms with Gasteiger partial charge < -0.3 is 4.90 Å². The molecule has 7 heteroatoms. The van der Waals surface area contributed by atoms with Crippen molar-refractivity contribution in [1.82, 2.24) is 24.5 Å². The zero-order chi connectivity index (χ0) is 17.2. The molecule has 2 aromatic heterocycles. The van der Waals surface area contributed by atoms with Gasteiger partial charge in [0, 0.05) is 23.7 Å². The minimum absolute atomic E-state index is 0.286. The smallest absolute Gasteiger partial charge is 0.231 e. The summed E-state index contributed by atoms with van der Waals surface area (Å²) >= 11 is 1.60. The molecule has 0 bridgehead atoms. The molecule has 1 aliphatic heterocycles. The van der Waals surface area contributed by atoms with Crippen LogP contribution in [0.4, 0.5) is 0 Å². The Morgan fingerprint density at radius 2 is 2.08 bits per heavy atom. The number of aryl methyl sites for hydroxylation is 1. The molecule has 1 saturated carbocycles. The van der Waals surface area contributed by atoms with Crippen molar-refractivity contribution in [2.75, 3.05) is 12.3 Å². The summed E-state index contributed by atoms with van der Waals surface area (Å²) in [6, 6.07) is 8.49. The van der Waals surface area contributed by atoms with Crippen molar-refractivity contribution in [3.63, 3.8) is 0 Å². The molecule has 1 unspecified atom stereocenters. The molecule has 0 radical (unpaired) electrons. The van der Waals surface area contributed by atoms with Crippen LogP contribution in [0.5, 0.6) is 0 Å². The molecule has 128 valence electrons. The van der Waals surface area contributed by atoms with Crippen LogP contribution in [-0.2, 0) is 4.79 Å². The Hall–Kier alpha value is -2.15. The molecule has 5 rings (SSSR count). The number of hydrogen-bond acceptors (Lipinski definition) is 5. The molecule has 25 heavy (non-hydrogen) atoms. The van der Waals surface area contributed by atoms with Gasteiger partial charge in [-0.2, -0.15) is 4.52 Å². The second-order valence-corrected chi connectivity index (χ2v) is 8.26. The summed E-state index contributed by atoms with van der Waals surface area (Å²) in [4.78, 5) is 23.9.